The summed E-state index contributed by atoms with van der Waals surface area (Å²) < 4.78 is 1.19. The van der Waals surface area contributed by atoms with Crippen LogP contribution in [0.2, 0.25) is 0 Å². The lowest BCUT2D eigenvalue weighted by molar-refractivity contribution is -0.384. The number of carbonyl (C=O) groups is 1. The molecule has 0 aliphatic heterocycles. The third-order valence-electron chi connectivity index (χ3n) is 3.11. The quantitative estimate of drug-likeness (QED) is 0.420. The zero-order chi connectivity index (χ0) is 17.1. The van der Waals surface area contributed by atoms with Crippen LogP contribution in [0.5, 0.6) is 5.75 Å². The van der Waals surface area contributed by atoms with Crippen molar-refractivity contribution >= 4 is 29.1 Å². The van der Waals surface area contributed by atoms with Gasteiger partial charge in [-0.15, -0.1) is 5.10 Å². The summed E-state index contributed by atoms with van der Waals surface area (Å²) in [7, 11) is 0. The summed E-state index contributed by atoms with van der Waals surface area (Å²) >= 11 is 0. The standard InChI is InChI=1S/C14H10N6O4/c21-11-6-7-12-16-17-18-19(12)14(11)15-13(22)8-3-9-1-4-10(5-2-9)20(23)24/h1-8,21H,(H,15,22). The number of tetrazole rings is 1. The maximum Gasteiger partial charge on any atom is 0.269 e. The number of benzene rings is 1. The van der Waals surface area contributed by atoms with E-state index in [0.29, 0.717) is 11.2 Å². The fourth-order valence-corrected chi connectivity index (χ4v) is 1.95. The molecule has 3 rings (SSSR count). The van der Waals surface area contributed by atoms with Crippen molar-refractivity contribution in [3.63, 3.8) is 0 Å². The van der Waals surface area contributed by atoms with E-state index in [1.54, 1.807) is 0 Å². The molecule has 120 valence electrons. The van der Waals surface area contributed by atoms with Crippen LogP contribution in [-0.2, 0) is 4.79 Å². The van der Waals surface area contributed by atoms with E-state index in [9.17, 15) is 20.0 Å². The minimum Gasteiger partial charge on any atom is -0.504 e. The third kappa shape index (κ3) is 3.02. The van der Waals surface area contributed by atoms with E-state index in [1.165, 1.54) is 53.1 Å². The molecule has 0 aliphatic carbocycles. The van der Waals surface area contributed by atoms with Gasteiger partial charge in [-0.25, -0.2) is 0 Å². The number of hydrogen-bond acceptors (Lipinski definition) is 7. The van der Waals surface area contributed by atoms with Crippen LogP contribution in [0.3, 0.4) is 0 Å². The maximum absolute atomic E-state index is 12.0. The van der Waals surface area contributed by atoms with Crippen LogP contribution < -0.4 is 5.32 Å². The Bertz CT molecular complexity index is 948. The summed E-state index contributed by atoms with van der Waals surface area (Å²) in [6.07, 6.45) is 2.71. The minimum atomic E-state index is -0.522. The molecule has 10 heteroatoms. The van der Waals surface area contributed by atoms with E-state index in [4.69, 9.17) is 0 Å². The molecule has 0 saturated heterocycles. The number of rotatable bonds is 4. The highest BCUT2D eigenvalue weighted by Gasteiger charge is 2.11. The molecule has 10 nitrogen and oxygen atoms in total. The summed E-state index contributed by atoms with van der Waals surface area (Å²) in [4.78, 5) is 22.1. The molecule has 24 heavy (non-hydrogen) atoms. The van der Waals surface area contributed by atoms with Crippen molar-refractivity contribution in [2.45, 2.75) is 0 Å². The number of nitro benzene ring substituents is 1. The van der Waals surface area contributed by atoms with Gasteiger partial charge in [0, 0.05) is 18.2 Å². The smallest absolute Gasteiger partial charge is 0.269 e. The second-order valence-electron chi connectivity index (χ2n) is 4.69. The van der Waals surface area contributed by atoms with Gasteiger partial charge in [0.05, 0.1) is 4.92 Å². The number of nitrogens with zero attached hydrogens (tertiary/aromatic N) is 5. The van der Waals surface area contributed by atoms with Gasteiger partial charge in [-0.3, -0.25) is 14.9 Å². The number of hydrogen-bond donors (Lipinski definition) is 2. The summed E-state index contributed by atoms with van der Waals surface area (Å²) in [6, 6.07) is 8.57. The fourth-order valence-electron chi connectivity index (χ4n) is 1.95. The fraction of sp³-hybridized carbons (Fsp3) is 0. The first kappa shape index (κ1) is 15.1. The Morgan fingerprint density at radius 2 is 2.00 bits per heavy atom. The van der Waals surface area contributed by atoms with E-state index in [1.807, 2.05) is 0 Å². The van der Waals surface area contributed by atoms with Gasteiger partial charge in [0.25, 0.3) is 5.69 Å². The monoisotopic (exact) mass is 326 g/mol. The number of amides is 1. The number of aromatic nitrogens is 4. The third-order valence-corrected chi connectivity index (χ3v) is 3.11. The van der Waals surface area contributed by atoms with Gasteiger partial charge in [0.15, 0.2) is 17.2 Å². The Balaban J connectivity index is 1.76. The van der Waals surface area contributed by atoms with Crippen LogP contribution in [0.25, 0.3) is 11.7 Å². The van der Waals surface area contributed by atoms with Gasteiger partial charge in [0.1, 0.15) is 0 Å². The molecule has 2 heterocycles. The number of pyridine rings is 1. The molecule has 0 radical (unpaired) electrons. The van der Waals surface area contributed by atoms with E-state index in [2.05, 4.69) is 20.8 Å². The Labute approximate surface area is 134 Å². The van der Waals surface area contributed by atoms with Gasteiger partial charge < -0.3 is 10.4 Å². The van der Waals surface area contributed by atoms with E-state index >= 15 is 0 Å². The van der Waals surface area contributed by atoms with Gasteiger partial charge in [-0.05, 0) is 46.3 Å². The van der Waals surface area contributed by atoms with Crippen LogP contribution in [0, 0.1) is 10.1 Å². The Morgan fingerprint density at radius 3 is 2.71 bits per heavy atom. The Morgan fingerprint density at radius 1 is 1.25 bits per heavy atom. The van der Waals surface area contributed by atoms with Gasteiger partial charge in [0.2, 0.25) is 5.91 Å². The Hall–Kier alpha value is -3.82. The van der Waals surface area contributed by atoms with E-state index in [0.717, 1.165) is 0 Å². The van der Waals surface area contributed by atoms with E-state index in [-0.39, 0.29) is 17.3 Å². The number of nitro groups is 1. The van der Waals surface area contributed by atoms with E-state index < -0.39 is 10.8 Å². The number of aromatic hydroxyl groups is 1. The zero-order valence-electron chi connectivity index (χ0n) is 12.0. The second kappa shape index (κ2) is 6.12. The molecule has 0 spiro atoms. The topological polar surface area (TPSA) is 136 Å². The summed E-state index contributed by atoms with van der Waals surface area (Å²) in [6.45, 7) is 0. The second-order valence-corrected chi connectivity index (χ2v) is 4.69. The largest absolute Gasteiger partial charge is 0.504 e. The van der Waals surface area contributed by atoms with Gasteiger partial charge in [-0.2, -0.15) is 4.52 Å². The molecule has 0 saturated carbocycles. The number of fused-ring (bicyclic) bond motifs is 1. The normalized spacial score (nSPS) is 11.0. The highest BCUT2D eigenvalue weighted by Crippen LogP contribution is 2.22. The number of non-ortho nitro benzene ring substituents is 1. The van der Waals surface area contributed by atoms with Gasteiger partial charge >= 0.3 is 0 Å². The van der Waals surface area contributed by atoms with Crippen LogP contribution in [0.1, 0.15) is 5.56 Å². The molecular weight excluding hydrogens is 316 g/mol. The van der Waals surface area contributed by atoms with Crippen molar-refractivity contribution < 1.29 is 14.8 Å². The molecule has 0 atom stereocenters. The molecule has 1 amide bonds. The number of nitrogens with one attached hydrogen (secondary N) is 1. The maximum atomic E-state index is 12.0. The summed E-state index contributed by atoms with van der Waals surface area (Å²) in [5.74, 6) is -0.672. The van der Waals surface area contributed by atoms with Crippen LogP contribution in [-0.4, -0.2) is 36.0 Å². The predicted octanol–water partition coefficient (Wildman–Crippen LogP) is 1.39. The highest BCUT2D eigenvalue weighted by atomic mass is 16.6. The lowest BCUT2D eigenvalue weighted by atomic mass is 10.2. The van der Waals surface area contributed by atoms with Crippen LogP contribution in [0.4, 0.5) is 11.5 Å². The van der Waals surface area contributed by atoms with Crippen molar-refractivity contribution in [1.82, 2.24) is 20.0 Å². The molecule has 0 bridgehead atoms. The lowest BCUT2D eigenvalue weighted by Crippen LogP contribution is -2.12. The van der Waals surface area contributed by atoms with Crippen molar-refractivity contribution in [3.05, 3.63) is 58.2 Å². The van der Waals surface area contributed by atoms with Crippen molar-refractivity contribution in [3.8, 4) is 5.75 Å². The average molecular weight is 326 g/mol. The Kier molecular flexibility index (Phi) is 3.85. The molecule has 0 aliphatic rings. The molecule has 2 aromatic heterocycles. The number of anilines is 1. The van der Waals surface area contributed by atoms with Crippen molar-refractivity contribution in [2.75, 3.05) is 5.32 Å². The minimum absolute atomic E-state index is 0.0353. The van der Waals surface area contributed by atoms with Crippen LogP contribution in [0.15, 0.2) is 42.5 Å². The first-order valence-corrected chi connectivity index (χ1v) is 6.68. The summed E-state index contributed by atoms with van der Waals surface area (Å²) in [5, 5.41) is 33.7. The molecule has 3 aromatic rings. The van der Waals surface area contributed by atoms with Gasteiger partial charge in [-0.1, -0.05) is 0 Å². The average Bonchev–Trinajstić information content (AvgIpc) is 3.05. The molecular formula is C14H10N6O4. The van der Waals surface area contributed by atoms with Crippen LogP contribution >= 0.6 is 0 Å². The number of carbonyl (C=O) groups excluding carboxylic acids is 1. The summed E-state index contributed by atoms with van der Waals surface area (Å²) in [5.41, 5.74) is 0.940. The lowest BCUT2D eigenvalue weighted by Gasteiger charge is -2.05. The molecule has 1 aromatic carbocycles. The van der Waals surface area contributed by atoms with Crippen molar-refractivity contribution in [2.24, 2.45) is 0 Å². The first-order valence-electron chi connectivity index (χ1n) is 6.68. The SMILES string of the molecule is O=C(C=Cc1ccc([N+](=O)[O-])cc1)Nc1c(O)ccc2nnnn12. The zero-order valence-corrected chi connectivity index (χ0v) is 12.0. The molecule has 0 fully saturated rings. The first-order chi connectivity index (χ1) is 11.5. The highest BCUT2D eigenvalue weighted by molar-refractivity contribution is 6.02. The molecule has 2 N–H and O–H groups in total. The van der Waals surface area contributed by atoms with Crippen molar-refractivity contribution in [1.29, 1.82) is 0 Å². The molecule has 0 unspecified atom stereocenters. The predicted molar refractivity (Wildman–Crippen MR) is 83.2 cm³/mol.